The maximum absolute atomic E-state index is 11.1. The van der Waals surface area contributed by atoms with Crippen LogP contribution in [0.4, 0.5) is 17.3 Å². The molecule has 1 unspecified atom stereocenters. The number of aromatic nitrogens is 2. The third-order valence-electron chi connectivity index (χ3n) is 4.01. The van der Waals surface area contributed by atoms with Crippen LogP contribution in [-0.4, -0.2) is 20.9 Å². The summed E-state index contributed by atoms with van der Waals surface area (Å²) in [4.78, 5) is 18.3. The summed E-state index contributed by atoms with van der Waals surface area (Å²) in [5, 5.41) is 14.3. The van der Waals surface area contributed by atoms with Crippen molar-refractivity contribution < 1.29 is 4.92 Å². The predicted molar refractivity (Wildman–Crippen MR) is 77.4 cm³/mol. The third-order valence-corrected chi connectivity index (χ3v) is 4.01. The maximum Gasteiger partial charge on any atom is 0.352 e. The van der Waals surface area contributed by atoms with Crippen LogP contribution in [0.2, 0.25) is 0 Å². The van der Waals surface area contributed by atoms with E-state index < -0.39 is 4.92 Å². The van der Waals surface area contributed by atoms with E-state index >= 15 is 0 Å². The summed E-state index contributed by atoms with van der Waals surface area (Å²) in [6.45, 7) is 2.09. The van der Waals surface area contributed by atoms with E-state index in [1.807, 2.05) is 0 Å². The second kappa shape index (κ2) is 6.49. The molecule has 3 N–H and O–H groups in total. The van der Waals surface area contributed by atoms with Gasteiger partial charge < -0.3 is 11.1 Å². The highest BCUT2D eigenvalue weighted by atomic mass is 16.6. The Hall–Kier alpha value is -1.92. The summed E-state index contributed by atoms with van der Waals surface area (Å²) in [5.41, 5.74) is 5.36. The fraction of sp³-hybridized carbons (Fsp3) is 0.692. The van der Waals surface area contributed by atoms with Gasteiger partial charge in [-0.25, -0.2) is 9.97 Å². The molecule has 0 saturated heterocycles. The van der Waals surface area contributed by atoms with Gasteiger partial charge in [-0.15, -0.1) is 0 Å². The van der Waals surface area contributed by atoms with E-state index in [1.54, 1.807) is 0 Å². The van der Waals surface area contributed by atoms with Gasteiger partial charge in [-0.1, -0.05) is 26.2 Å². The first-order valence-corrected chi connectivity index (χ1v) is 7.14. The Labute approximate surface area is 118 Å². The zero-order chi connectivity index (χ0) is 14.5. The highest BCUT2D eigenvalue weighted by molar-refractivity contribution is 5.67. The predicted octanol–water partition coefficient (Wildman–Crippen LogP) is 2.74. The number of hydrogen-bond acceptors (Lipinski definition) is 6. The number of anilines is 2. The molecule has 1 fully saturated rings. The highest BCUT2D eigenvalue weighted by Crippen LogP contribution is 2.32. The number of hydrogen-bond donors (Lipinski definition) is 2. The average Bonchev–Trinajstić information content (AvgIpc) is 2.45. The number of nitrogens with one attached hydrogen (secondary N) is 1. The van der Waals surface area contributed by atoms with Crippen LogP contribution in [0.5, 0.6) is 0 Å². The fourth-order valence-corrected chi connectivity index (χ4v) is 2.94. The summed E-state index contributed by atoms with van der Waals surface area (Å²) < 4.78 is 0. The maximum atomic E-state index is 11.1. The summed E-state index contributed by atoms with van der Waals surface area (Å²) in [6.07, 6.45) is 8.25. The molecule has 2 rings (SSSR count). The van der Waals surface area contributed by atoms with E-state index in [9.17, 15) is 10.1 Å². The minimum absolute atomic E-state index is 0.0917. The molecule has 7 nitrogen and oxygen atoms in total. The Kier molecular flexibility index (Phi) is 4.70. The van der Waals surface area contributed by atoms with Gasteiger partial charge in [-0.05, 0) is 25.2 Å². The standard InChI is InChI=1S/C13H21N5O2/c1-2-10(9-6-4-3-5-7-9)17-13-11(18(19)20)12(14)15-8-16-13/h8-10H,2-7H2,1H3,(H3,14,15,16,17). The van der Waals surface area contributed by atoms with Crippen LogP contribution in [0, 0.1) is 16.0 Å². The molecule has 1 atom stereocenters. The number of nitrogens with two attached hydrogens (primary N) is 1. The molecule has 0 radical (unpaired) electrons. The number of nitrogen functional groups attached to an aromatic ring is 1. The SMILES string of the molecule is CCC(Nc1ncnc(N)c1[N+](=O)[O-])C1CCCCC1. The van der Waals surface area contributed by atoms with Crippen molar-refractivity contribution in [2.45, 2.75) is 51.5 Å². The minimum atomic E-state index is -0.523. The van der Waals surface area contributed by atoms with Crippen molar-refractivity contribution >= 4 is 17.3 Å². The largest absolute Gasteiger partial charge is 0.378 e. The summed E-state index contributed by atoms with van der Waals surface area (Å²) in [7, 11) is 0. The van der Waals surface area contributed by atoms with Crippen molar-refractivity contribution in [3.05, 3.63) is 16.4 Å². The lowest BCUT2D eigenvalue weighted by molar-refractivity contribution is -0.383. The van der Waals surface area contributed by atoms with Crippen LogP contribution in [0.1, 0.15) is 45.4 Å². The van der Waals surface area contributed by atoms with Crippen molar-refractivity contribution in [2.75, 3.05) is 11.1 Å². The Morgan fingerprint density at radius 2 is 2.15 bits per heavy atom. The Balaban J connectivity index is 2.18. The Bertz CT molecular complexity index is 474. The lowest BCUT2D eigenvalue weighted by Gasteiger charge is -2.30. The first-order valence-electron chi connectivity index (χ1n) is 7.14. The zero-order valence-corrected chi connectivity index (χ0v) is 11.7. The van der Waals surface area contributed by atoms with Gasteiger partial charge in [-0.3, -0.25) is 10.1 Å². The van der Waals surface area contributed by atoms with E-state index in [-0.39, 0.29) is 23.4 Å². The summed E-state index contributed by atoms with van der Waals surface area (Å²) >= 11 is 0. The van der Waals surface area contributed by atoms with Crippen LogP contribution < -0.4 is 11.1 Å². The molecule has 20 heavy (non-hydrogen) atoms. The average molecular weight is 279 g/mol. The lowest BCUT2D eigenvalue weighted by atomic mass is 9.83. The zero-order valence-electron chi connectivity index (χ0n) is 11.7. The molecule has 1 aromatic rings. The Morgan fingerprint density at radius 1 is 1.45 bits per heavy atom. The van der Waals surface area contributed by atoms with Crippen LogP contribution in [0.3, 0.4) is 0 Å². The molecular formula is C13H21N5O2. The molecule has 0 amide bonds. The number of rotatable bonds is 5. The van der Waals surface area contributed by atoms with Crippen molar-refractivity contribution in [3.8, 4) is 0 Å². The molecule has 110 valence electrons. The van der Waals surface area contributed by atoms with Gasteiger partial charge >= 0.3 is 5.69 Å². The van der Waals surface area contributed by atoms with Crippen LogP contribution in [0.25, 0.3) is 0 Å². The van der Waals surface area contributed by atoms with E-state index in [4.69, 9.17) is 5.73 Å². The van der Waals surface area contributed by atoms with Gasteiger partial charge in [0.05, 0.1) is 4.92 Å². The molecule has 0 bridgehead atoms. The first-order chi connectivity index (χ1) is 9.63. The molecule has 1 saturated carbocycles. The van der Waals surface area contributed by atoms with Gasteiger partial charge in [0.1, 0.15) is 6.33 Å². The molecule has 1 aliphatic rings. The summed E-state index contributed by atoms with van der Waals surface area (Å²) in [5.74, 6) is 0.690. The quantitative estimate of drug-likeness (QED) is 0.634. The normalized spacial score (nSPS) is 17.6. The van der Waals surface area contributed by atoms with Crippen molar-refractivity contribution in [3.63, 3.8) is 0 Å². The minimum Gasteiger partial charge on any atom is -0.378 e. The molecule has 7 heteroatoms. The van der Waals surface area contributed by atoms with Gasteiger partial charge in [0.2, 0.25) is 11.6 Å². The van der Waals surface area contributed by atoms with Gasteiger partial charge in [-0.2, -0.15) is 0 Å². The molecule has 0 spiro atoms. The van der Waals surface area contributed by atoms with Gasteiger partial charge in [0, 0.05) is 6.04 Å². The monoisotopic (exact) mass is 279 g/mol. The Morgan fingerprint density at radius 3 is 2.75 bits per heavy atom. The smallest absolute Gasteiger partial charge is 0.352 e. The number of nitro groups is 1. The van der Waals surface area contributed by atoms with Crippen molar-refractivity contribution in [2.24, 2.45) is 5.92 Å². The molecule has 0 aromatic carbocycles. The third kappa shape index (κ3) is 3.15. The van der Waals surface area contributed by atoms with Gasteiger partial charge in [0.25, 0.3) is 0 Å². The van der Waals surface area contributed by atoms with Crippen LogP contribution in [0.15, 0.2) is 6.33 Å². The molecule has 1 aliphatic carbocycles. The number of nitrogens with zero attached hydrogens (tertiary/aromatic N) is 3. The topological polar surface area (TPSA) is 107 Å². The molecule has 1 aromatic heterocycles. The highest BCUT2D eigenvalue weighted by Gasteiger charge is 2.27. The summed E-state index contributed by atoms with van der Waals surface area (Å²) in [6, 6.07) is 0.197. The van der Waals surface area contributed by atoms with E-state index in [1.165, 1.54) is 38.4 Å². The van der Waals surface area contributed by atoms with Gasteiger partial charge in [0.15, 0.2) is 0 Å². The van der Waals surface area contributed by atoms with Crippen LogP contribution in [-0.2, 0) is 0 Å². The second-order valence-corrected chi connectivity index (χ2v) is 5.27. The fourth-order valence-electron chi connectivity index (χ4n) is 2.94. The lowest BCUT2D eigenvalue weighted by Crippen LogP contribution is -2.30. The van der Waals surface area contributed by atoms with E-state index in [2.05, 4.69) is 22.2 Å². The first kappa shape index (κ1) is 14.5. The van der Waals surface area contributed by atoms with Crippen molar-refractivity contribution in [1.82, 2.24) is 9.97 Å². The second-order valence-electron chi connectivity index (χ2n) is 5.27. The van der Waals surface area contributed by atoms with Crippen LogP contribution >= 0.6 is 0 Å². The van der Waals surface area contributed by atoms with E-state index in [0.717, 1.165) is 6.42 Å². The molecular weight excluding hydrogens is 258 g/mol. The molecule has 0 aliphatic heterocycles. The van der Waals surface area contributed by atoms with E-state index in [0.29, 0.717) is 5.92 Å². The van der Waals surface area contributed by atoms with Crippen molar-refractivity contribution in [1.29, 1.82) is 0 Å². The molecule has 1 heterocycles.